The van der Waals surface area contributed by atoms with Crippen LogP contribution < -0.4 is 0 Å². The molecule has 1 saturated heterocycles. The van der Waals surface area contributed by atoms with E-state index in [2.05, 4.69) is 19.8 Å². The van der Waals surface area contributed by atoms with E-state index in [1.807, 2.05) is 11.9 Å². The number of piperidine rings is 1. The van der Waals surface area contributed by atoms with Gasteiger partial charge in [0, 0.05) is 0 Å². The van der Waals surface area contributed by atoms with Crippen molar-refractivity contribution in [2.24, 2.45) is 5.92 Å². The van der Waals surface area contributed by atoms with Crippen molar-refractivity contribution in [1.29, 1.82) is 0 Å². The van der Waals surface area contributed by atoms with Crippen molar-refractivity contribution in [2.75, 3.05) is 13.6 Å². The van der Waals surface area contributed by atoms with Gasteiger partial charge in [0.25, 0.3) is 0 Å². The van der Waals surface area contributed by atoms with Crippen molar-refractivity contribution in [1.82, 2.24) is 4.90 Å². The van der Waals surface area contributed by atoms with Crippen LogP contribution in [0, 0.1) is 5.92 Å². The number of carbonyl (C=O) groups excluding carboxylic acids is 1. The Balaban J connectivity index is 1.84. The van der Waals surface area contributed by atoms with Gasteiger partial charge in [-0.15, -0.1) is 0 Å². The van der Waals surface area contributed by atoms with Crippen LogP contribution in [0.25, 0.3) is 0 Å². The molecule has 0 spiro atoms. The van der Waals surface area contributed by atoms with E-state index in [1.165, 1.54) is 10.6 Å². The molecule has 1 atom stereocenters. The van der Waals surface area contributed by atoms with Gasteiger partial charge in [-0.05, 0) is 0 Å². The normalized spacial score (nSPS) is 26.4. The van der Waals surface area contributed by atoms with Crippen molar-refractivity contribution in [3.8, 4) is 0 Å². The first-order chi connectivity index (χ1) is 6.75. The summed E-state index contributed by atoms with van der Waals surface area (Å²) in [5.41, 5.74) is 0. The molecule has 74 valence electrons. The number of likely N-dealkylation sites (tertiary alicyclic amines) is 1. The van der Waals surface area contributed by atoms with Crippen LogP contribution in [0.2, 0.25) is 4.18 Å². The standard InChI is InChI=1S/C7H12NO.C4H4.In/c1-6-3-4-8(2)7(9)5-6;1-3-4-2;/h6H,1,3-5H2,2H3;1-4H;. The molecule has 0 radical (unpaired) electrons. The minimum absolute atomic E-state index is 0.346. The average Bonchev–Trinajstić information content (AvgIpc) is 2.64. The predicted molar refractivity (Wildman–Crippen MR) is 59.2 cm³/mol. The third-order valence-corrected chi connectivity index (χ3v) is 10.7. The van der Waals surface area contributed by atoms with Gasteiger partial charge < -0.3 is 0 Å². The summed E-state index contributed by atoms with van der Waals surface area (Å²) in [5.74, 6) is 1.03. The zero-order valence-electron chi connectivity index (χ0n) is 8.65. The summed E-state index contributed by atoms with van der Waals surface area (Å²) >= 11 is -1.41. The summed E-state index contributed by atoms with van der Waals surface area (Å²) < 4.78 is 6.23. The van der Waals surface area contributed by atoms with Crippen molar-refractivity contribution in [2.45, 2.75) is 17.0 Å². The third kappa shape index (κ3) is 2.44. The van der Waals surface area contributed by atoms with E-state index >= 15 is 0 Å². The molecule has 14 heavy (non-hydrogen) atoms. The number of hydrogen-bond donors (Lipinski definition) is 0. The second kappa shape index (κ2) is 4.56. The Kier molecular flexibility index (Phi) is 3.37. The van der Waals surface area contributed by atoms with Crippen molar-refractivity contribution in [3.63, 3.8) is 0 Å². The molecular weight excluding hydrogens is 277 g/mol. The fourth-order valence-corrected chi connectivity index (χ4v) is 9.20. The zero-order chi connectivity index (χ0) is 9.97. The molecule has 0 N–H and O–H groups in total. The number of nitrogens with zero attached hydrogens (tertiary/aromatic N) is 1. The van der Waals surface area contributed by atoms with Crippen LogP contribution in [-0.4, -0.2) is 45.8 Å². The van der Waals surface area contributed by atoms with Crippen molar-refractivity contribution in [3.05, 3.63) is 19.8 Å². The fourth-order valence-electron chi connectivity index (χ4n) is 2.23. The Hall–Kier alpha value is -0.180. The molecule has 0 aromatic rings. The van der Waals surface area contributed by atoms with E-state index in [0.717, 1.165) is 13.0 Å². The Morgan fingerprint density at radius 3 is 2.86 bits per heavy atom. The van der Waals surface area contributed by atoms with Gasteiger partial charge in [-0.1, -0.05) is 0 Å². The quantitative estimate of drug-likeness (QED) is 0.756. The minimum atomic E-state index is -1.41. The number of rotatable bonds is 2. The van der Waals surface area contributed by atoms with Gasteiger partial charge in [0.1, 0.15) is 0 Å². The number of amides is 1. The number of hydrogen-bond acceptors (Lipinski definition) is 1. The van der Waals surface area contributed by atoms with Crippen LogP contribution in [0.15, 0.2) is 19.8 Å². The molecule has 2 aliphatic rings. The molecular formula is C11H16InNO. The fraction of sp³-hybridized carbons (Fsp3) is 0.545. The van der Waals surface area contributed by atoms with Crippen LogP contribution in [0.1, 0.15) is 12.8 Å². The van der Waals surface area contributed by atoms with Crippen LogP contribution in [0.5, 0.6) is 0 Å². The maximum absolute atomic E-state index is 11.5. The second-order valence-electron chi connectivity index (χ2n) is 4.34. The molecule has 2 heterocycles. The van der Waals surface area contributed by atoms with Gasteiger partial charge in [-0.2, -0.15) is 0 Å². The first kappa shape index (κ1) is 10.3. The van der Waals surface area contributed by atoms with E-state index in [1.54, 1.807) is 0 Å². The van der Waals surface area contributed by atoms with Crippen LogP contribution in [0.4, 0.5) is 0 Å². The summed E-state index contributed by atoms with van der Waals surface area (Å²) in [6.07, 6.45) is 6.40. The Morgan fingerprint density at radius 1 is 1.50 bits per heavy atom. The molecule has 0 aromatic carbocycles. The molecule has 2 nitrogen and oxygen atoms in total. The van der Waals surface area contributed by atoms with Gasteiger partial charge in [0.2, 0.25) is 0 Å². The molecule has 0 aromatic heterocycles. The molecule has 1 unspecified atom stereocenters. The average molecular weight is 293 g/mol. The summed E-state index contributed by atoms with van der Waals surface area (Å²) in [7, 11) is 1.91. The first-order valence-electron chi connectivity index (χ1n) is 5.34. The summed E-state index contributed by atoms with van der Waals surface area (Å²) in [4.78, 5) is 13.4. The Morgan fingerprint density at radius 2 is 2.21 bits per heavy atom. The van der Waals surface area contributed by atoms with Gasteiger partial charge in [-0.25, -0.2) is 0 Å². The third-order valence-electron chi connectivity index (χ3n) is 3.20. The Bertz CT molecular complexity index is 273. The van der Waals surface area contributed by atoms with E-state index in [9.17, 15) is 4.79 Å². The number of carbonyl (C=O) groups is 1. The van der Waals surface area contributed by atoms with Crippen LogP contribution in [-0.2, 0) is 4.79 Å². The van der Waals surface area contributed by atoms with E-state index in [0.29, 0.717) is 11.8 Å². The first-order valence-corrected chi connectivity index (χ1v) is 11.5. The summed E-state index contributed by atoms with van der Waals surface area (Å²) in [6.45, 7) is 0.968. The van der Waals surface area contributed by atoms with Crippen LogP contribution >= 0.6 is 0 Å². The summed E-state index contributed by atoms with van der Waals surface area (Å²) in [5, 5.41) is 0. The summed E-state index contributed by atoms with van der Waals surface area (Å²) in [6, 6.07) is 0. The molecule has 0 bridgehead atoms. The second-order valence-corrected chi connectivity index (χ2v) is 11.7. The van der Waals surface area contributed by atoms with E-state index in [4.69, 9.17) is 0 Å². The van der Waals surface area contributed by atoms with Gasteiger partial charge in [0.15, 0.2) is 0 Å². The molecule has 2 aliphatic heterocycles. The van der Waals surface area contributed by atoms with E-state index in [-0.39, 0.29) is 0 Å². The molecule has 0 aliphatic carbocycles. The van der Waals surface area contributed by atoms with Crippen molar-refractivity contribution >= 4 is 27.3 Å². The number of allylic oxidation sites excluding steroid dienone is 2. The van der Waals surface area contributed by atoms with Crippen molar-refractivity contribution < 1.29 is 4.79 Å². The predicted octanol–water partition coefficient (Wildman–Crippen LogP) is 1.55. The molecule has 1 fully saturated rings. The van der Waals surface area contributed by atoms with Gasteiger partial charge >= 0.3 is 93.4 Å². The van der Waals surface area contributed by atoms with Crippen LogP contribution in [0.3, 0.4) is 0 Å². The zero-order valence-corrected chi connectivity index (χ0v) is 11.9. The topological polar surface area (TPSA) is 20.3 Å². The Labute approximate surface area is 93.2 Å². The SMILES string of the molecule is CN1CCC([CH2][In]2[CH]=CC=[CH]2)CC1=O. The molecule has 0 saturated carbocycles. The van der Waals surface area contributed by atoms with Gasteiger partial charge in [-0.3, -0.25) is 0 Å². The maximum atomic E-state index is 11.5. The van der Waals surface area contributed by atoms with E-state index < -0.39 is 21.4 Å². The molecule has 3 heteroatoms. The van der Waals surface area contributed by atoms with Gasteiger partial charge in [0.05, 0.1) is 0 Å². The molecule has 1 amide bonds. The monoisotopic (exact) mass is 293 g/mol. The molecule has 2 rings (SSSR count).